The largest absolute Gasteiger partial charge is 0.497 e. The Hall–Kier alpha value is -2.83. The maximum absolute atomic E-state index is 12.8. The molecular weight excluding hydrogens is 360 g/mol. The van der Waals surface area contributed by atoms with Crippen LogP contribution < -0.4 is 10.1 Å². The van der Waals surface area contributed by atoms with Crippen LogP contribution in [0, 0.1) is 5.41 Å². The van der Waals surface area contributed by atoms with Gasteiger partial charge in [-0.25, -0.2) is 4.79 Å². The van der Waals surface area contributed by atoms with Crippen molar-refractivity contribution in [2.75, 3.05) is 27.4 Å². The van der Waals surface area contributed by atoms with Gasteiger partial charge >= 0.3 is 5.97 Å². The van der Waals surface area contributed by atoms with Gasteiger partial charge in [0, 0.05) is 29.5 Å². The Morgan fingerprint density at radius 3 is 2.68 bits per heavy atom. The molecule has 28 heavy (non-hydrogen) atoms. The Labute approximate surface area is 165 Å². The molecule has 1 aromatic carbocycles. The number of fused-ring (bicyclic) bond motifs is 1. The van der Waals surface area contributed by atoms with Crippen molar-refractivity contribution in [2.24, 2.45) is 10.6 Å². The van der Waals surface area contributed by atoms with E-state index in [9.17, 15) is 9.59 Å². The molecule has 0 unspecified atom stereocenters. The molecule has 1 aromatic rings. The molecule has 152 valence electrons. The molecule has 0 atom stereocenters. The van der Waals surface area contributed by atoms with E-state index < -0.39 is 11.4 Å². The quantitative estimate of drug-likeness (QED) is 0.478. The first kappa shape index (κ1) is 21.5. The first-order valence-electron chi connectivity index (χ1n) is 9.19. The zero-order valence-corrected chi connectivity index (χ0v) is 17.0. The lowest BCUT2D eigenvalue weighted by molar-refractivity contribution is -0.139. The van der Waals surface area contributed by atoms with Gasteiger partial charge < -0.3 is 19.6 Å². The van der Waals surface area contributed by atoms with E-state index in [-0.39, 0.29) is 24.5 Å². The maximum atomic E-state index is 12.8. The SMILES string of the molecule is C=C1Cc2cc(OC)ccc2C(=O)NCC(C)(C)/C(=N/OC)CCCOC1=O. The first-order chi connectivity index (χ1) is 13.3. The standard InChI is InChI=1S/C21H28N2O5/c1-14-11-15-12-16(26-4)8-9-17(15)19(24)22-13-21(2,3)18(23-27-5)7-6-10-28-20(14)25/h8-9,12H,1,6-7,10-11,13H2,2-5H3,(H,22,24)/b23-18+. The van der Waals surface area contributed by atoms with E-state index in [0.717, 1.165) is 5.71 Å². The smallest absolute Gasteiger partial charge is 0.333 e. The fraction of sp³-hybridized carbons (Fsp3) is 0.476. The highest BCUT2D eigenvalue weighted by atomic mass is 16.6. The van der Waals surface area contributed by atoms with Crippen molar-refractivity contribution in [3.05, 3.63) is 41.5 Å². The molecule has 0 fully saturated rings. The van der Waals surface area contributed by atoms with E-state index in [2.05, 4.69) is 17.1 Å². The van der Waals surface area contributed by atoms with Gasteiger partial charge in [-0.1, -0.05) is 25.6 Å². The second-order valence-corrected chi connectivity index (χ2v) is 7.33. The van der Waals surface area contributed by atoms with Crippen molar-refractivity contribution in [1.82, 2.24) is 5.32 Å². The van der Waals surface area contributed by atoms with E-state index in [1.54, 1.807) is 25.3 Å². The summed E-state index contributed by atoms with van der Waals surface area (Å²) in [6, 6.07) is 5.14. The van der Waals surface area contributed by atoms with Gasteiger partial charge in [-0.15, -0.1) is 0 Å². The van der Waals surface area contributed by atoms with Crippen molar-refractivity contribution < 1.29 is 23.9 Å². The monoisotopic (exact) mass is 388 g/mol. The number of carbonyl (C=O) groups excluding carboxylic acids is 2. The van der Waals surface area contributed by atoms with E-state index in [1.165, 1.54) is 7.11 Å². The van der Waals surface area contributed by atoms with Gasteiger partial charge in [-0.05, 0) is 36.6 Å². The molecule has 0 spiro atoms. The van der Waals surface area contributed by atoms with Crippen LogP contribution in [-0.4, -0.2) is 45.0 Å². The molecule has 0 saturated heterocycles. The summed E-state index contributed by atoms with van der Waals surface area (Å²) in [6.07, 6.45) is 1.39. The predicted molar refractivity (Wildman–Crippen MR) is 107 cm³/mol. The van der Waals surface area contributed by atoms with Gasteiger partial charge in [0.1, 0.15) is 12.9 Å². The van der Waals surface area contributed by atoms with Crippen LogP contribution in [0.3, 0.4) is 0 Å². The van der Waals surface area contributed by atoms with Crippen LogP contribution in [-0.2, 0) is 20.8 Å². The van der Waals surface area contributed by atoms with Gasteiger partial charge in [0.05, 0.1) is 19.4 Å². The summed E-state index contributed by atoms with van der Waals surface area (Å²) in [6.45, 7) is 8.44. The predicted octanol–water partition coefficient (Wildman–Crippen LogP) is 2.89. The Morgan fingerprint density at radius 1 is 1.25 bits per heavy atom. The minimum Gasteiger partial charge on any atom is -0.497 e. The van der Waals surface area contributed by atoms with E-state index in [1.807, 2.05) is 13.8 Å². The average Bonchev–Trinajstić information content (AvgIpc) is 2.67. The van der Waals surface area contributed by atoms with Crippen LogP contribution in [0.25, 0.3) is 0 Å². The van der Waals surface area contributed by atoms with Crippen LogP contribution >= 0.6 is 0 Å². The lowest BCUT2D eigenvalue weighted by Crippen LogP contribution is -2.39. The van der Waals surface area contributed by atoms with E-state index in [0.29, 0.717) is 36.3 Å². The number of hydrogen-bond acceptors (Lipinski definition) is 6. The summed E-state index contributed by atoms with van der Waals surface area (Å²) in [7, 11) is 3.04. The number of cyclic esters (lactones) is 1. The molecule has 0 aromatic heterocycles. The van der Waals surface area contributed by atoms with Crippen molar-refractivity contribution in [2.45, 2.75) is 33.1 Å². The zero-order chi connectivity index (χ0) is 20.7. The summed E-state index contributed by atoms with van der Waals surface area (Å²) < 4.78 is 10.6. The second kappa shape index (κ2) is 9.39. The normalized spacial score (nSPS) is 19.9. The third-order valence-electron chi connectivity index (χ3n) is 4.71. The summed E-state index contributed by atoms with van der Waals surface area (Å²) >= 11 is 0. The topological polar surface area (TPSA) is 86.2 Å². The Kier molecular flexibility index (Phi) is 7.20. The van der Waals surface area contributed by atoms with Crippen molar-refractivity contribution in [1.29, 1.82) is 0 Å². The average molecular weight is 388 g/mol. The number of methoxy groups -OCH3 is 1. The lowest BCUT2D eigenvalue weighted by atomic mass is 9.84. The molecule has 0 saturated carbocycles. The molecule has 0 bridgehead atoms. The molecule has 0 radical (unpaired) electrons. The summed E-state index contributed by atoms with van der Waals surface area (Å²) in [5, 5.41) is 7.10. The number of nitrogens with zero attached hydrogens (tertiary/aromatic N) is 1. The lowest BCUT2D eigenvalue weighted by Gasteiger charge is -2.27. The molecule has 2 rings (SSSR count). The van der Waals surface area contributed by atoms with Crippen LogP contribution in [0.1, 0.15) is 42.6 Å². The van der Waals surface area contributed by atoms with E-state index in [4.69, 9.17) is 14.3 Å². The van der Waals surface area contributed by atoms with Gasteiger partial charge in [-0.2, -0.15) is 0 Å². The van der Waals surface area contributed by atoms with Gasteiger partial charge in [-0.3, -0.25) is 4.79 Å². The zero-order valence-electron chi connectivity index (χ0n) is 17.0. The van der Waals surface area contributed by atoms with Crippen molar-refractivity contribution >= 4 is 17.6 Å². The number of hydrogen-bond donors (Lipinski definition) is 1. The number of oxime groups is 1. The van der Waals surface area contributed by atoms with Gasteiger partial charge in [0.15, 0.2) is 0 Å². The Bertz CT molecular complexity index is 783. The van der Waals surface area contributed by atoms with Crippen LogP contribution in [0.2, 0.25) is 0 Å². The van der Waals surface area contributed by atoms with E-state index >= 15 is 0 Å². The number of ether oxygens (including phenoxy) is 2. The minimum atomic E-state index is -0.476. The Balaban J connectivity index is 2.39. The van der Waals surface area contributed by atoms with Crippen LogP contribution in [0.15, 0.2) is 35.5 Å². The fourth-order valence-corrected chi connectivity index (χ4v) is 2.99. The molecular formula is C21H28N2O5. The molecule has 1 N–H and O–H groups in total. The molecule has 1 heterocycles. The van der Waals surface area contributed by atoms with Crippen molar-refractivity contribution in [3.63, 3.8) is 0 Å². The number of nitrogens with one attached hydrogen (secondary N) is 1. The summed E-state index contributed by atoms with van der Waals surface area (Å²) in [4.78, 5) is 30.1. The van der Waals surface area contributed by atoms with Crippen LogP contribution in [0.4, 0.5) is 0 Å². The fourth-order valence-electron chi connectivity index (χ4n) is 2.99. The number of benzene rings is 1. The summed E-state index contributed by atoms with van der Waals surface area (Å²) in [5.74, 6) is -0.111. The molecule has 1 aliphatic heterocycles. The van der Waals surface area contributed by atoms with Gasteiger partial charge in [0.2, 0.25) is 0 Å². The Morgan fingerprint density at radius 2 is 2.00 bits per heavy atom. The molecule has 0 aliphatic carbocycles. The summed E-state index contributed by atoms with van der Waals surface area (Å²) in [5.41, 5.74) is 1.77. The number of carbonyl (C=O) groups is 2. The second-order valence-electron chi connectivity index (χ2n) is 7.33. The maximum Gasteiger partial charge on any atom is 0.333 e. The third kappa shape index (κ3) is 5.34. The highest BCUT2D eigenvalue weighted by molar-refractivity contribution is 5.97. The van der Waals surface area contributed by atoms with Gasteiger partial charge in [0.25, 0.3) is 5.91 Å². The first-order valence-corrected chi connectivity index (χ1v) is 9.19. The van der Waals surface area contributed by atoms with Crippen LogP contribution in [0.5, 0.6) is 5.75 Å². The molecule has 1 amide bonds. The highest BCUT2D eigenvalue weighted by Crippen LogP contribution is 2.24. The molecule has 7 heteroatoms. The highest BCUT2D eigenvalue weighted by Gasteiger charge is 2.28. The molecule has 7 nitrogen and oxygen atoms in total. The number of amides is 1. The van der Waals surface area contributed by atoms with Crippen molar-refractivity contribution in [3.8, 4) is 5.75 Å². The number of esters is 1. The molecule has 1 aliphatic rings. The third-order valence-corrected chi connectivity index (χ3v) is 4.71. The minimum absolute atomic E-state index is 0.207. The number of rotatable bonds is 2.